The quantitative estimate of drug-likeness (QED) is 0.928. The van der Waals surface area contributed by atoms with E-state index < -0.39 is 0 Å². The van der Waals surface area contributed by atoms with Gasteiger partial charge in [-0.3, -0.25) is 0 Å². The van der Waals surface area contributed by atoms with E-state index in [1.54, 1.807) is 12.1 Å². The summed E-state index contributed by atoms with van der Waals surface area (Å²) in [6, 6.07) is 6.76. The number of hydrogen-bond acceptors (Lipinski definition) is 2. The molecule has 2 aliphatic rings. The summed E-state index contributed by atoms with van der Waals surface area (Å²) in [6.45, 7) is 4.35. The summed E-state index contributed by atoms with van der Waals surface area (Å²) in [5.41, 5.74) is 0.908. The standard InChI is InChI=1S/C16H21FN2O2/c1-12-10-21-8-7-19(12)15(20)18-11-16(5-6-16)13-3-2-4-14(17)9-13/h2-4,9,12H,5-8,10-11H2,1H3,(H,18,20). The maximum absolute atomic E-state index is 13.4. The Hall–Kier alpha value is -1.62. The summed E-state index contributed by atoms with van der Waals surface area (Å²) in [5.74, 6) is -0.216. The topological polar surface area (TPSA) is 41.6 Å². The zero-order valence-electron chi connectivity index (χ0n) is 12.3. The zero-order valence-corrected chi connectivity index (χ0v) is 12.3. The van der Waals surface area contributed by atoms with Crippen molar-refractivity contribution in [3.63, 3.8) is 0 Å². The van der Waals surface area contributed by atoms with Gasteiger partial charge in [-0.2, -0.15) is 0 Å². The van der Waals surface area contributed by atoms with Crippen LogP contribution in [0, 0.1) is 5.82 Å². The van der Waals surface area contributed by atoms with E-state index in [4.69, 9.17) is 4.74 Å². The summed E-state index contributed by atoms with van der Waals surface area (Å²) < 4.78 is 18.7. The summed E-state index contributed by atoms with van der Waals surface area (Å²) in [6.07, 6.45) is 1.99. The molecule has 5 heteroatoms. The number of benzene rings is 1. The minimum absolute atomic E-state index is 0.0477. The lowest BCUT2D eigenvalue weighted by atomic mass is 9.96. The van der Waals surface area contributed by atoms with Crippen LogP contribution in [0.5, 0.6) is 0 Å². The molecule has 1 N–H and O–H groups in total. The van der Waals surface area contributed by atoms with Gasteiger partial charge in [0.25, 0.3) is 0 Å². The molecule has 2 amide bonds. The Morgan fingerprint density at radius 3 is 3.00 bits per heavy atom. The van der Waals surface area contributed by atoms with Gasteiger partial charge in [0.2, 0.25) is 0 Å². The lowest BCUT2D eigenvalue weighted by molar-refractivity contribution is 0.0189. The molecular formula is C16H21FN2O2. The molecule has 1 saturated heterocycles. The Labute approximate surface area is 124 Å². The highest BCUT2D eigenvalue weighted by Crippen LogP contribution is 2.47. The molecule has 1 aromatic rings. The highest BCUT2D eigenvalue weighted by Gasteiger charge is 2.44. The fourth-order valence-corrected chi connectivity index (χ4v) is 2.91. The highest BCUT2D eigenvalue weighted by molar-refractivity contribution is 5.75. The van der Waals surface area contributed by atoms with Crippen molar-refractivity contribution in [1.29, 1.82) is 0 Å². The molecule has 1 aliphatic heterocycles. The van der Waals surface area contributed by atoms with E-state index in [0.29, 0.717) is 26.3 Å². The Balaban J connectivity index is 1.61. The second-order valence-corrected chi connectivity index (χ2v) is 6.07. The average molecular weight is 292 g/mol. The molecule has 2 fully saturated rings. The van der Waals surface area contributed by atoms with Crippen molar-refractivity contribution in [2.45, 2.75) is 31.2 Å². The summed E-state index contributed by atoms with van der Waals surface area (Å²) in [5, 5.41) is 3.01. The Kier molecular flexibility index (Phi) is 3.85. The predicted molar refractivity (Wildman–Crippen MR) is 77.7 cm³/mol. The van der Waals surface area contributed by atoms with Gasteiger partial charge in [-0.15, -0.1) is 0 Å². The fourth-order valence-electron chi connectivity index (χ4n) is 2.91. The van der Waals surface area contributed by atoms with Crippen LogP contribution in [0.15, 0.2) is 24.3 Å². The largest absolute Gasteiger partial charge is 0.377 e. The smallest absolute Gasteiger partial charge is 0.317 e. The molecule has 1 unspecified atom stereocenters. The number of hydrogen-bond donors (Lipinski definition) is 1. The van der Waals surface area contributed by atoms with Crippen LogP contribution >= 0.6 is 0 Å². The molecule has 1 atom stereocenters. The number of carbonyl (C=O) groups excluding carboxylic acids is 1. The van der Waals surface area contributed by atoms with Gasteiger partial charge in [0, 0.05) is 18.5 Å². The number of urea groups is 1. The molecule has 1 aliphatic carbocycles. The summed E-state index contributed by atoms with van der Waals surface area (Å²) in [4.78, 5) is 14.1. The molecule has 0 aromatic heterocycles. The van der Waals surface area contributed by atoms with Crippen LogP contribution in [0.2, 0.25) is 0 Å². The molecule has 0 spiro atoms. The lowest BCUT2D eigenvalue weighted by Crippen LogP contribution is -2.52. The average Bonchev–Trinajstić information content (AvgIpc) is 3.26. The van der Waals surface area contributed by atoms with E-state index in [1.807, 2.05) is 17.9 Å². The minimum atomic E-state index is -0.216. The summed E-state index contributed by atoms with van der Waals surface area (Å²) in [7, 11) is 0. The van der Waals surface area contributed by atoms with Crippen LogP contribution in [0.3, 0.4) is 0 Å². The van der Waals surface area contributed by atoms with Crippen LogP contribution in [-0.2, 0) is 10.2 Å². The SMILES string of the molecule is CC1COCCN1C(=O)NCC1(c2cccc(F)c2)CC1. The third kappa shape index (κ3) is 3.02. The van der Waals surface area contributed by atoms with Gasteiger partial charge in [0.05, 0.1) is 19.3 Å². The third-order valence-electron chi connectivity index (χ3n) is 4.50. The minimum Gasteiger partial charge on any atom is -0.377 e. The predicted octanol–water partition coefficient (Wildman–Crippen LogP) is 2.29. The zero-order chi connectivity index (χ0) is 14.9. The van der Waals surface area contributed by atoms with Crippen molar-refractivity contribution in [2.24, 2.45) is 0 Å². The van der Waals surface area contributed by atoms with Crippen LogP contribution in [0.25, 0.3) is 0 Å². The normalized spacial score (nSPS) is 23.7. The van der Waals surface area contributed by atoms with Gasteiger partial charge < -0.3 is 15.0 Å². The maximum Gasteiger partial charge on any atom is 0.317 e. The molecule has 21 heavy (non-hydrogen) atoms. The number of nitrogens with zero attached hydrogens (tertiary/aromatic N) is 1. The highest BCUT2D eigenvalue weighted by atomic mass is 19.1. The molecule has 1 aromatic carbocycles. The van der Waals surface area contributed by atoms with Crippen LogP contribution in [0.1, 0.15) is 25.3 Å². The van der Waals surface area contributed by atoms with Gasteiger partial charge in [0.1, 0.15) is 5.82 Å². The van der Waals surface area contributed by atoms with E-state index in [-0.39, 0.29) is 23.3 Å². The lowest BCUT2D eigenvalue weighted by Gasteiger charge is -2.33. The third-order valence-corrected chi connectivity index (χ3v) is 4.50. The van der Waals surface area contributed by atoms with E-state index in [1.165, 1.54) is 6.07 Å². The molecule has 0 bridgehead atoms. The van der Waals surface area contributed by atoms with E-state index >= 15 is 0 Å². The molecule has 3 rings (SSSR count). The monoisotopic (exact) mass is 292 g/mol. The number of amides is 2. The van der Waals surface area contributed by atoms with Crippen molar-refractivity contribution in [3.8, 4) is 0 Å². The first-order valence-electron chi connectivity index (χ1n) is 7.49. The van der Waals surface area contributed by atoms with Gasteiger partial charge in [-0.05, 0) is 37.5 Å². The number of rotatable bonds is 3. The summed E-state index contributed by atoms with van der Waals surface area (Å²) >= 11 is 0. The van der Waals surface area contributed by atoms with Crippen molar-refractivity contribution in [3.05, 3.63) is 35.6 Å². The molecular weight excluding hydrogens is 271 g/mol. The molecule has 1 heterocycles. The molecule has 4 nitrogen and oxygen atoms in total. The van der Waals surface area contributed by atoms with Gasteiger partial charge in [0.15, 0.2) is 0 Å². The molecule has 0 radical (unpaired) electrons. The first kappa shape index (κ1) is 14.3. The fraction of sp³-hybridized carbons (Fsp3) is 0.562. The number of morpholine rings is 1. The van der Waals surface area contributed by atoms with Crippen molar-refractivity contribution in [1.82, 2.24) is 10.2 Å². The second kappa shape index (κ2) is 5.64. The van der Waals surface area contributed by atoms with Gasteiger partial charge in [-0.1, -0.05) is 12.1 Å². The first-order chi connectivity index (χ1) is 10.1. The van der Waals surface area contributed by atoms with Crippen LogP contribution < -0.4 is 5.32 Å². The van der Waals surface area contributed by atoms with Crippen LogP contribution in [0.4, 0.5) is 9.18 Å². The van der Waals surface area contributed by atoms with Crippen molar-refractivity contribution < 1.29 is 13.9 Å². The number of halogens is 1. The number of ether oxygens (including phenoxy) is 1. The molecule has 114 valence electrons. The molecule has 1 saturated carbocycles. The Morgan fingerprint density at radius 2 is 2.33 bits per heavy atom. The van der Waals surface area contributed by atoms with E-state index in [2.05, 4.69) is 5.32 Å². The Morgan fingerprint density at radius 1 is 1.52 bits per heavy atom. The first-order valence-corrected chi connectivity index (χ1v) is 7.49. The van der Waals surface area contributed by atoms with Crippen LogP contribution in [-0.4, -0.2) is 43.3 Å². The van der Waals surface area contributed by atoms with E-state index in [9.17, 15) is 9.18 Å². The Bertz CT molecular complexity index is 531. The maximum atomic E-state index is 13.4. The number of nitrogens with one attached hydrogen (secondary N) is 1. The van der Waals surface area contributed by atoms with Crippen molar-refractivity contribution >= 4 is 6.03 Å². The van der Waals surface area contributed by atoms with Gasteiger partial charge in [-0.25, -0.2) is 9.18 Å². The van der Waals surface area contributed by atoms with E-state index in [0.717, 1.165) is 18.4 Å². The van der Waals surface area contributed by atoms with Gasteiger partial charge >= 0.3 is 6.03 Å². The number of carbonyl (C=O) groups is 1. The second-order valence-electron chi connectivity index (χ2n) is 6.07. The van der Waals surface area contributed by atoms with Crippen molar-refractivity contribution in [2.75, 3.05) is 26.3 Å².